The van der Waals surface area contributed by atoms with Gasteiger partial charge in [-0.25, -0.2) is 0 Å². The summed E-state index contributed by atoms with van der Waals surface area (Å²) in [5.74, 6) is 0.244. The molecule has 0 amide bonds. The van der Waals surface area contributed by atoms with Crippen molar-refractivity contribution in [1.29, 1.82) is 0 Å². The number of hydrogen-bond donors (Lipinski definition) is 0. The maximum atomic E-state index is 13.0. The van der Waals surface area contributed by atoms with Gasteiger partial charge in [-0.2, -0.15) is 0 Å². The van der Waals surface area contributed by atoms with E-state index in [9.17, 15) is 4.79 Å². The Bertz CT molecular complexity index is 761. The van der Waals surface area contributed by atoms with Gasteiger partial charge in [0.25, 0.3) is 0 Å². The molecule has 0 aromatic carbocycles. The highest BCUT2D eigenvalue weighted by molar-refractivity contribution is 7.09. The fraction of sp³-hybridized carbons (Fsp3) is 0.591. The highest BCUT2D eigenvalue weighted by Crippen LogP contribution is 2.19. The van der Waals surface area contributed by atoms with Crippen molar-refractivity contribution in [2.45, 2.75) is 39.8 Å². The molecule has 0 aliphatic carbocycles. The molecule has 0 spiro atoms. The zero-order chi connectivity index (χ0) is 20.1. The summed E-state index contributed by atoms with van der Waals surface area (Å²) in [6.07, 6.45) is 1.02. The summed E-state index contributed by atoms with van der Waals surface area (Å²) in [6, 6.07) is 6.78. The Morgan fingerprint density at radius 2 is 2.00 bits per heavy atom. The van der Waals surface area contributed by atoms with Gasteiger partial charge in [0, 0.05) is 67.7 Å². The van der Waals surface area contributed by atoms with Gasteiger partial charge in [0.15, 0.2) is 5.78 Å². The fourth-order valence-corrected chi connectivity index (χ4v) is 4.80. The summed E-state index contributed by atoms with van der Waals surface area (Å²) in [4.78, 5) is 19.1. The number of ketones is 1. The van der Waals surface area contributed by atoms with Crippen LogP contribution in [0.1, 0.15) is 33.5 Å². The lowest BCUT2D eigenvalue weighted by Gasteiger charge is -2.37. The number of piperazine rings is 1. The Hall–Kier alpha value is -1.47. The predicted molar refractivity (Wildman–Crippen MR) is 116 cm³/mol. The number of ether oxygens (including phenoxy) is 1. The smallest absolute Gasteiger partial charge is 0.178 e. The van der Waals surface area contributed by atoms with Crippen molar-refractivity contribution in [1.82, 2.24) is 14.4 Å². The third kappa shape index (κ3) is 5.11. The Balaban J connectivity index is 1.55. The second kappa shape index (κ2) is 9.83. The van der Waals surface area contributed by atoms with Gasteiger partial charge in [0.2, 0.25) is 0 Å². The van der Waals surface area contributed by atoms with Crippen molar-refractivity contribution in [2.75, 3.05) is 46.4 Å². The first-order valence-corrected chi connectivity index (χ1v) is 11.0. The van der Waals surface area contributed by atoms with Crippen molar-refractivity contribution in [3.8, 4) is 0 Å². The predicted octanol–water partition coefficient (Wildman–Crippen LogP) is 3.24. The standard InChI is InChI=1S/C22H33N3O2S/c1-17-14-21(19(3)25(17)8-7-20-6-5-13-28-20)22(26)15-23-9-11-24(12-10-23)18(2)16-27-4/h5-6,13-14,18H,7-12,15-16H2,1-4H3. The number of carbonyl (C=O) groups is 1. The Kier molecular flexibility index (Phi) is 7.46. The third-order valence-electron chi connectivity index (χ3n) is 5.84. The number of aryl methyl sites for hydroxylation is 2. The summed E-state index contributed by atoms with van der Waals surface area (Å²) in [5, 5.41) is 2.12. The largest absolute Gasteiger partial charge is 0.383 e. The van der Waals surface area contributed by atoms with Crippen LogP contribution < -0.4 is 0 Å². The molecule has 1 saturated heterocycles. The summed E-state index contributed by atoms with van der Waals surface area (Å²) >= 11 is 1.80. The van der Waals surface area contributed by atoms with E-state index in [0.717, 1.165) is 57.0 Å². The first kappa shape index (κ1) is 21.2. The summed E-state index contributed by atoms with van der Waals surface area (Å²) in [6.45, 7) is 12.5. The lowest BCUT2D eigenvalue weighted by atomic mass is 10.1. The second-order valence-corrected chi connectivity index (χ2v) is 8.84. The average Bonchev–Trinajstić information content (AvgIpc) is 3.29. The molecule has 0 N–H and O–H groups in total. The Morgan fingerprint density at radius 1 is 1.25 bits per heavy atom. The molecule has 28 heavy (non-hydrogen) atoms. The Morgan fingerprint density at radius 3 is 2.64 bits per heavy atom. The quantitative estimate of drug-likeness (QED) is 0.603. The molecule has 1 fully saturated rings. The lowest BCUT2D eigenvalue weighted by molar-refractivity contribution is 0.0545. The first-order chi connectivity index (χ1) is 13.5. The van der Waals surface area contributed by atoms with E-state index < -0.39 is 0 Å². The van der Waals surface area contributed by atoms with E-state index >= 15 is 0 Å². The molecule has 1 unspecified atom stereocenters. The van der Waals surface area contributed by atoms with Crippen LogP contribution in [0.5, 0.6) is 0 Å². The van der Waals surface area contributed by atoms with Gasteiger partial charge in [-0.15, -0.1) is 11.3 Å². The number of rotatable bonds is 9. The number of carbonyl (C=O) groups excluding carboxylic acids is 1. The van der Waals surface area contributed by atoms with E-state index in [-0.39, 0.29) is 5.78 Å². The normalized spacial score (nSPS) is 17.1. The van der Waals surface area contributed by atoms with Crippen molar-refractivity contribution < 1.29 is 9.53 Å². The highest BCUT2D eigenvalue weighted by atomic mass is 32.1. The maximum absolute atomic E-state index is 13.0. The fourth-order valence-electron chi connectivity index (χ4n) is 4.10. The van der Waals surface area contributed by atoms with E-state index in [4.69, 9.17) is 4.74 Å². The number of hydrogen-bond acceptors (Lipinski definition) is 5. The van der Waals surface area contributed by atoms with Gasteiger partial charge in [-0.05, 0) is 44.7 Å². The van der Waals surface area contributed by atoms with Crippen LogP contribution in [0.15, 0.2) is 23.6 Å². The monoisotopic (exact) mass is 403 g/mol. The van der Waals surface area contributed by atoms with Crippen LogP contribution in [0.25, 0.3) is 0 Å². The number of aromatic nitrogens is 1. The van der Waals surface area contributed by atoms with Crippen LogP contribution in [0.3, 0.4) is 0 Å². The van der Waals surface area contributed by atoms with Crippen LogP contribution in [-0.2, 0) is 17.7 Å². The molecular formula is C22H33N3O2S. The van der Waals surface area contributed by atoms with Crippen molar-refractivity contribution in [2.24, 2.45) is 0 Å². The SMILES string of the molecule is COCC(C)N1CCN(CC(=O)c2cc(C)n(CCc3cccs3)c2C)CC1. The minimum atomic E-state index is 0.244. The summed E-state index contributed by atoms with van der Waals surface area (Å²) < 4.78 is 7.55. The van der Waals surface area contributed by atoms with Gasteiger partial charge in [-0.1, -0.05) is 6.07 Å². The lowest BCUT2D eigenvalue weighted by Crippen LogP contribution is -2.51. The van der Waals surface area contributed by atoms with Crippen LogP contribution in [0, 0.1) is 13.8 Å². The zero-order valence-electron chi connectivity index (χ0n) is 17.6. The van der Waals surface area contributed by atoms with Crippen LogP contribution >= 0.6 is 11.3 Å². The molecule has 1 aliphatic rings. The number of Topliss-reactive ketones (excluding diaryl/α,β-unsaturated/α-hetero) is 1. The molecule has 6 heteroatoms. The highest BCUT2D eigenvalue weighted by Gasteiger charge is 2.24. The molecule has 5 nitrogen and oxygen atoms in total. The van der Waals surface area contributed by atoms with Gasteiger partial charge in [-0.3, -0.25) is 14.6 Å². The molecule has 1 atom stereocenters. The van der Waals surface area contributed by atoms with Gasteiger partial charge in [0.05, 0.1) is 13.2 Å². The zero-order valence-corrected chi connectivity index (χ0v) is 18.4. The first-order valence-electron chi connectivity index (χ1n) is 10.2. The number of methoxy groups -OCH3 is 1. The summed E-state index contributed by atoms with van der Waals surface area (Å²) in [5.41, 5.74) is 3.17. The molecule has 0 radical (unpaired) electrons. The van der Waals surface area contributed by atoms with E-state index in [1.54, 1.807) is 18.4 Å². The number of nitrogens with zero attached hydrogens (tertiary/aromatic N) is 3. The van der Waals surface area contributed by atoms with Crippen molar-refractivity contribution in [3.05, 3.63) is 45.4 Å². The van der Waals surface area contributed by atoms with Crippen molar-refractivity contribution >= 4 is 17.1 Å². The van der Waals surface area contributed by atoms with Crippen LogP contribution in [0.4, 0.5) is 0 Å². The van der Waals surface area contributed by atoms with Crippen LogP contribution in [-0.4, -0.2) is 72.6 Å². The summed E-state index contributed by atoms with van der Waals surface area (Å²) in [7, 11) is 1.75. The van der Waals surface area contributed by atoms with Gasteiger partial charge >= 0.3 is 0 Å². The van der Waals surface area contributed by atoms with E-state index in [1.165, 1.54) is 10.6 Å². The molecule has 3 rings (SSSR count). The Labute approximate surface area is 172 Å². The van der Waals surface area contributed by atoms with E-state index in [0.29, 0.717) is 12.6 Å². The second-order valence-electron chi connectivity index (χ2n) is 7.81. The molecule has 0 saturated carbocycles. The molecular weight excluding hydrogens is 370 g/mol. The van der Waals surface area contributed by atoms with Crippen molar-refractivity contribution in [3.63, 3.8) is 0 Å². The molecule has 154 valence electrons. The van der Waals surface area contributed by atoms with Gasteiger partial charge in [0.1, 0.15) is 0 Å². The molecule has 3 heterocycles. The van der Waals surface area contributed by atoms with Crippen LogP contribution in [0.2, 0.25) is 0 Å². The van der Waals surface area contributed by atoms with E-state index in [2.05, 4.69) is 58.7 Å². The number of thiophene rings is 1. The molecule has 2 aromatic heterocycles. The average molecular weight is 404 g/mol. The molecule has 0 bridgehead atoms. The minimum absolute atomic E-state index is 0.244. The molecule has 1 aliphatic heterocycles. The topological polar surface area (TPSA) is 37.7 Å². The molecule has 2 aromatic rings. The maximum Gasteiger partial charge on any atom is 0.178 e. The third-order valence-corrected chi connectivity index (χ3v) is 6.78. The minimum Gasteiger partial charge on any atom is -0.383 e. The van der Waals surface area contributed by atoms with Gasteiger partial charge < -0.3 is 9.30 Å². The van der Waals surface area contributed by atoms with E-state index in [1.807, 2.05) is 0 Å².